The molecule has 0 aliphatic carbocycles. The third kappa shape index (κ3) is 5.86. The highest BCUT2D eigenvalue weighted by atomic mass is 19.1. The van der Waals surface area contributed by atoms with Crippen molar-refractivity contribution >= 4 is 16.9 Å². The molecule has 4 rings (SSSR count). The van der Waals surface area contributed by atoms with Gasteiger partial charge in [0.1, 0.15) is 23.9 Å². The van der Waals surface area contributed by atoms with E-state index >= 15 is 0 Å². The van der Waals surface area contributed by atoms with Crippen LogP contribution in [-0.2, 0) is 24.1 Å². The van der Waals surface area contributed by atoms with E-state index in [1.807, 2.05) is 0 Å². The van der Waals surface area contributed by atoms with Crippen molar-refractivity contribution < 1.29 is 29.2 Å². The molecule has 0 saturated carbocycles. The minimum atomic E-state index is -1.00. The van der Waals surface area contributed by atoms with Gasteiger partial charge in [0.2, 0.25) is 0 Å². The third-order valence-corrected chi connectivity index (χ3v) is 6.21. The number of rotatable bonds is 10. The van der Waals surface area contributed by atoms with Crippen LogP contribution in [0.3, 0.4) is 0 Å². The van der Waals surface area contributed by atoms with Crippen molar-refractivity contribution in [2.45, 2.75) is 45.3 Å². The molecule has 0 spiro atoms. The van der Waals surface area contributed by atoms with E-state index in [1.165, 1.54) is 12.1 Å². The Balaban J connectivity index is 1.54. The molecule has 0 radical (unpaired) electrons. The summed E-state index contributed by atoms with van der Waals surface area (Å²) in [7, 11) is 0. The minimum absolute atomic E-state index is 0.000487. The van der Waals surface area contributed by atoms with Gasteiger partial charge in [-0.2, -0.15) is 0 Å². The lowest BCUT2D eigenvalue weighted by Crippen LogP contribution is -2.21. The fourth-order valence-electron chi connectivity index (χ4n) is 4.33. The van der Waals surface area contributed by atoms with E-state index in [0.29, 0.717) is 27.6 Å². The van der Waals surface area contributed by atoms with Gasteiger partial charge in [0, 0.05) is 23.5 Å². The number of aliphatic hydroxyl groups is 1. The largest absolute Gasteiger partial charge is 0.507 e. The molecule has 0 amide bonds. The lowest BCUT2D eigenvalue weighted by atomic mass is 10.0. The van der Waals surface area contributed by atoms with Gasteiger partial charge >= 0.3 is 5.97 Å². The number of carbonyl (C=O) groups excluding carboxylic acids is 1. The molecule has 4 aromatic rings. The molecule has 6 nitrogen and oxygen atoms in total. The van der Waals surface area contributed by atoms with Crippen LogP contribution in [0.1, 0.15) is 46.8 Å². The lowest BCUT2D eigenvalue weighted by Gasteiger charge is -2.12. The van der Waals surface area contributed by atoms with E-state index < -0.39 is 17.9 Å². The summed E-state index contributed by atoms with van der Waals surface area (Å²) in [5.74, 6) is -0.951. The second-order valence-electron chi connectivity index (χ2n) is 8.98. The summed E-state index contributed by atoms with van der Waals surface area (Å²) in [4.78, 5) is 12.2. The molecule has 7 heteroatoms. The Bertz CT molecular complexity index is 1330. The zero-order valence-corrected chi connectivity index (χ0v) is 20.2. The van der Waals surface area contributed by atoms with Gasteiger partial charge in [-0.1, -0.05) is 31.5 Å². The topological polar surface area (TPSA) is 91.9 Å². The molecule has 1 atom stereocenters. The summed E-state index contributed by atoms with van der Waals surface area (Å²) in [6, 6.07) is 16.2. The average Bonchev–Trinajstić information content (AvgIpc) is 3.19. The number of fused-ring (bicyclic) bond motifs is 1. The van der Waals surface area contributed by atoms with Crippen LogP contribution in [0, 0.1) is 5.82 Å². The lowest BCUT2D eigenvalue weighted by molar-refractivity contribution is 0.0259. The van der Waals surface area contributed by atoms with E-state index in [4.69, 9.17) is 4.74 Å². The summed E-state index contributed by atoms with van der Waals surface area (Å²) >= 11 is 0. The number of esters is 1. The number of aromatic hydroxyl groups is 2. The van der Waals surface area contributed by atoms with Crippen LogP contribution in [0.4, 0.5) is 4.39 Å². The minimum Gasteiger partial charge on any atom is -0.507 e. The SMILES string of the molecule is CCCCc1cc(O)c(Cn2cc(CC(O)COC(=O)c3ccccc3)c3cc(F)ccc32)c(O)c1. The van der Waals surface area contributed by atoms with Gasteiger partial charge in [-0.15, -0.1) is 0 Å². The normalized spacial score (nSPS) is 12.1. The van der Waals surface area contributed by atoms with Crippen molar-refractivity contribution in [1.82, 2.24) is 4.57 Å². The highest BCUT2D eigenvalue weighted by Gasteiger charge is 2.18. The molecule has 0 bridgehead atoms. The van der Waals surface area contributed by atoms with Crippen LogP contribution >= 0.6 is 0 Å². The number of benzene rings is 3. The maximum absolute atomic E-state index is 14.1. The van der Waals surface area contributed by atoms with E-state index in [2.05, 4.69) is 6.92 Å². The zero-order valence-electron chi connectivity index (χ0n) is 20.2. The van der Waals surface area contributed by atoms with Crippen molar-refractivity contribution in [2.24, 2.45) is 0 Å². The molecule has 0 saturated heterocycles. The number of hydrogen-bond acceptors (Lipinski definition) is 5. The quantitative estimate of drug-likeness (QED) is 0.260. The van der Waals surface area contributed by atoms with Gasteiger partial charge in [-0.05, 0) is 66.4 Å². The summed E-state index contributed by atoms with van der Waals surface area (Å²) in [5, 5.41) is 32.3. The molecule has 3 aromatic carbocycles. The number of halogens is 1. The fraction of sp³-hybridized carbons (Fsp3) is 0.276. The van der Waals surface area contributed by atoms with E-state index in [0.717, 1.165) is 24.8 Å². The van der Waals surface area contributed by atoms with Crippen LogP contribution in [-0.4, -0.2) is 38.6 Å². The number of ether oxygens (including phenoxy) is 1. The van der Waals surface area contributed by atoms with Gasteiger partial charge in [0.05, 0.1) is 23.8 Å². The summed E-state index contributed by atoms with van der Waals surface area (Å²) in [5.41, 5.74) is 2.97. The summed E-state index contributed by atoms with van der Waals surface area (Å²) in [6.07, 6.45) is 3.62. The average molecular weight is 492 g/mol. The highest BCUT2D eigenvalue weighted by molar-refractivity contribution is 5.89. The number of unbranched alkanes of at least 4 members (excludes halogenated alkanes) is 1. The number of hydrogen-bond donors (Lipinski definition) is 3. The molecule has 0 fully saturated rings. The molecule has 3 N–H and O–H groups in total. The molecule has 188 valence electrons. The van der Waals surface area contributed by atoms with Gasteiger partial charge in [0.25, 0.3) is 0 Å². The zero-order chi connectivity index (χ0) is 25.7. The van der Waals surface area contributed by atoms with Crippen LogP contribution < -0.4 is 0 Å². The Hall–Kier alpha value is -3.84. The predicted octanol–water partition coefficient (Wildman–Crippen LogP) is 5.34. The summed E-state index contributed by atoms with van der Waals surface area (Å²) < 4.78 is 21.1. The third-order valence-electron chi connectivity index (χ3n) is 6.21. The van der Waals surface area contributed by atoms with Crippen molar-refractivity contribution in [3.05, 3.63) is 94.9 Å². The first-order chi connectivity index (χ1) is 17.4. The van der Waals surface area contributed by atoms with Crippen molar-refractivity contribution in [1.29, 1.82) is 0 Å². The number of phenolic OH excluding ortho intramolecular Hbond substituents is 2. The van der Waals surface area contributed by atoms with Crippen LogP contribution in [0.25, 0.3) is 10.9 Å². The number of nitrogens with zero attached hydrogens (tertiary/aromatic N) is 1. The molecular formula is C29H30FNO5. The Morgan fingerprint density at radius 2 is 1.78 bits per heavy atom. The Kier molecular flexibility index (Phi) is 7.90. The molecule has 0 aliphatic heterocycles. The number of phenols is 2. The van der Waals surface area contributed by atoms with E-state index in [-0.39, 0.29) is 31.1 Å². The Morgan fingerprint density at radius 3 is 2.47 bits per heavy atom. The number of aliphatic hydroxyl groups excluding tert-OH is 1. The fourth-order valence-corrected chi connectivity index (χ4v) is 4.33. The van der Waals surface area contributed by atoms with Gasteiger partial charge in [0.15, 0.2) is 0 Å². The molecule has 1 heterocycles. The first-order valence-electron chi connectivity index (χ1n) is 12.1. The Labute approximate surface area is 209 Å². The van der Waals surface area contributed by atoms with Crippen molar-refractivity contribution in [3.8, 4) is 11.5 Å². The second-order valence-corrected chi connectivity index (χ2v) is 8.98. The molecule has 1 unspecified atom stereocenters. The van der Waals surface area contributed by atoms with Crippen molar-refractivity contribution in [2.75, 3.05) is 6.61 Å². The van der Waals surface area contributed by atoms with Crippen LogP contribution in [0.15, 0.2) is 66.9 Å². The van der Waals surface area contributed by atoms with Crippen LogP contribution in [0.5, 0.6) is 11.5 Å². The highest BCUT2D eigenvalue weighted by Crippen LogP contribution is 2.33. The first-order valence-corrected chi connectivity index (χ1v) is 12.1. The molecule has 1 aromatic heterocycles. The van der Waals surface area contributed by atoms with Crippen molar-refractivity contribution in [3.63, 3.8) is 0 Å². The first kappa shape index (κ1) is 25.3. The second kappa shape index (κ2) is 11.3. The number of aryl methyl sites for hydroxylation is 1. The van der Waals surface area contributed by atoms with Gasteiger partial charge < -0.3 is 24.6 Å². The number of aromatic nitrogens is 1. The number of carbonyl (C=O) groups is 1. The van der Waals surface area contributed by atoms with Crippen LogP contribution in [0.2, 0.25) is 0 Å². The van der Waals surface area contributed by atoms with Gasteiger partial charge in [-0.25, -0.2) is 9.18 Å². The smallest absolute Gasteiger partial charge is 0.338 e. The summed E-state index contributed by atoms with van der Waals surface area (Å²) in [6.45, 7) is 2.03. The molecule has 0 aliphatic rings. The predicted molar refractivity (Wildman–Crippen MR) is 136 cm³/mol. The van der Waals surface area contributed by atoms with E-state index in [1.54, 1.807) is 59.3 Å². The maximum Gasteiger partial charge on any atom is 0.338 e. The standard InChI is InChI=1S/C29H30FNO5/c1-2-3-7-19-12-27(33)25(28(34)13-19)17-31-16-21(24-15-22(30)10-11-26(24)31)14-23(32)18-36-29(35)20-8-5-4-6-9-20/h4-6,8-13,15-16,23,32-34H,2-3,7,14,17-18H2,1H3. The maximum atomic E-state index is 14.1. The van der Waals surface area contributed by atoms with E-state index in [9.17, 15) is 24.5 Å². The Morgan fingerprint density at radius 1 is 1.06 bits per heavy atom. The monoisotopic (exact) mass is 491 g/mol. The molecule has 36 heavy (non-hydrogen) atoms. The molecular weight excluding hydrogens is 461 g/mol. The van der Waals surface area contributed by atoms with Gasteiger partial charge in [-0.3, -0.25) is 0 Å².